The minimum Gasteiger partial charge on any atom is -0.490 e. The zero-order chi connectivity index (χ0) is 10.8. The molecule has 2 rings (SSSR count). The van der Waals surface area contributed by atoms with E-state index in [1.54, 1.807) is 12.3 Å². The summed E-state index contributed by atoms with van der Waals surface area (Å²) in [5.41, 5.74) is 0.778. The number of H-pyrrole nitrogens is 1. The van der Waals surface area contributed by atoms with Gasteiger partial charge in [0.25, 0.3) is 5.56 Å². The van der Waals surface area contributed by atoms with Crippen molar-refractivity contribution in [3.8, 4) is 17.3 Å². The minimum atomic E-state index is -0.312. The van der Waals surface area contributed by atoms with Crippen LogP contribution in [0, 0.1) is 6.92 Å². The van der Waals surface area contributed by atoms with Crippen LogP contribution < -0.4 is 10.3 Å². The number of hydrogen-bond acceptors (Lipinski definition) is 6. The smallest absolute Gasteiger partial charge is 0.293 e. The van der Waals surface area contributed by atoms with Gasteiger partial charge in [-0.05, 0) is 18.5 Å². The highest BCUT2D eigenvalue weighted by molar-refractivity contribution is 7.03. The zero-order valence-electron chi connectivity index (χ0n) is 8.14. The summed E-state index contributed by atoms with van der Waals surface area (Å²) >= 11 is 1.20. The lowest BCUT2D eigenvalue weighted by molar-refractivity contribution is 0.402. The second-order valence-corrected chi connectivity index (χ2v) is 3.43. The van der Waals surface area contributed by atoms with Crippen LogP contribution >= 0.6 is 11.5 Å². The Morgan fingerprint density at radius 2 is 2.33 bits per heavy atom. The predicted octanol–water partition coefficient (Wildman–Crippen LogP) is 0.605. The van der Waals surface area contributed by atoms with Gasteiger partial charge in [0, 0.05) is 5.38 Å². The van der Waals surface area contributed by atoms with E-state index >= 15 is 0 Å². The van der Waals surface area contributed by atoms with Crippen LogP contribution in [0.2, 0.25) is 0 Å². The number of nitrogens with one attached hydrogen (secondary N) is 1. The molecule has 0 fully saturated rings. The summed E-state index contributed by atoms with van der Waals surface area (Å²) in [6.45, 7) is 1.71. The first kappa shape index (κ1) is 9.78. The van der Waals surface area contributed by atoms with E-state index in [1.165, 1.54) is 18.6 Å². The van der Waals surface area contributed by atoms with Crippen molar-refractivity contribution in [1.82, 2.24) is 19.6 Å². The van der Waals surface area contributed by atoms with Crippen molar-refractivity contribution in [2.24, 2.45) is 0 Å². The normalized spacial score (nSPS) is 10.3. The summed E-state index contributed by atoms with van der Waals surface area (Å²) in [5, 5.41) is 5.53. The molecule has 0 unspecified atom stereocenters. The predicted molar refractivity (Wildman–Crippen MR) is 55.0 cm³/mol. The molecule has 0 saturated carbocycles. The van der Waals surface area contributed by atoms with Crippen LogP contribution in [0.3, 0.4) is 0 Å². The maximum absolute atomic E-state index is 11.5. The Morgan fingerprint density at radius 1 is 1.53 bits per heavy atom. The van der Waals surface area contributed by atoms with Crippen molar-refractivity contribution in [3.63, 3.8) is 0 Å². The SMILES string of the molecule is COc1c(C)nc(-c2csnn2)[nH]c1=O. The Balaban J connectivity index is 2.58. The van der Waals surface area contributed by atoms with E-state index < -0.39 is 0 Å². The highest BCUT2D eigenvalue weighted by Gasteiger charge is 2.10. The Bertz CT molecular complexity index is 520. The largest absolute Gasteiger partial charge is 0.490 e. The Hall–Kier alpha value is -1.76. The Labute approximate surface area is 89.1 Å². The first-order valence-electron chi connectivity index (χ1n) is 4.14. The molecule has 2 aromatic heterocycles. The number of aromatic amines is 1. The molecule has 6 nitrogen and oxygen atoms in total. The number of methoxy groups -OCH3 is 1. The van der Waals surface area contributed by atoms with E-state index in [0.717, 1.165) is 0 Å². The molecular weight excluding hydrogens is 216 g/mol. The zero-order valence-corrected chi connectivity index (χ0v) is 8.96. The molecule has 0 radical (unpaired) electrons. The number of nitrogens with zero attached hydrogens (tertiary/aromatic N) is 3. The van der Waals surface area contributed by atoms with E-state index in [0.29, 0.717) is 17.2 Å². The van der Waals surface area contributed by atoms with E-state index in [2.05, 4.69) is 19.6 Å². The summed E-state index contributed by atoms with van der Waals surface area (Å²) in [4.78, 5) is 18.3. The van der Waals surface area contributed by atoms with Crippen molar-refractivity contribution in [1.29, 1.82) is 0 Å². The monoisotopic (exact) mass is 224 g/mol. The van der Waals surface area contributed by atoms with Crippen molar-refractivity contribution in [2.75, 3.05) is 7.11 Å². The average molecular weight is 224 g/mol. The Morgan fingerprint density at radius 3 is 2.87 bits per heavy atom. The highest BCUT2D eigenvalue weighted by Crippen LogP contribution is 2.14. The maximum atomic E-state index is 11.5. The number of hydrogen-bond donors (Lipinski definition) is 1. The fraction of sp³-hybridized carbons (Fsp3) is 0.250. The van der Waals surface area contributed by atoms with Crippen molar-refractivity contribution < 1.29 is 4.74 Å². The molecule has 1 N–H and O–H groups in total. The Kier molecular flexibility index (Phi) is 2.46. The lowest BCUT2D eigenvalue weighted by Gasteiger charge is -2.03. The summed E-state index contributed by atoms with van der Waals surface area (Å²) in [6, 6.07) is 0. The molecule has 78 valence electrons. The fourth-order valence-corrected chi connectivity index (χ4v) is 1.65. The third-order valence-corrected chi connectivity index (χ3v) is 2.36. The van der Waals surface area contributed by atoms with Crippen LogP contribution in [0.5, 0.6) is 5.75 Å². The van der Waals surface area contributed by atoms with Gasteiger partial charge in [-0.2, -0.15) is 0 Å². The highest BCUT2D eigenvalue weighted by atomic mass is 32.1. The van der Waals surface area contributed by atoms with Gasteiger partial charge in [0.2, 0.25) is 5.75 Å². The molecule has 7 heteroatoms. The van der Waals surface area contributed by atoms with Gasteiger partial charge in [-0.1, -0.05) is 4.49 Å². The van der Waals surface area contributed by atoms with Crippen molar-refractivity contribution in [3.05, 3.63) is 21.4 Å². The first-order valence-corrected chi connectivity index (χ1v) is 4.98. The quantitative estimate of drug-likeness (QED) is 0.808. The third-order valence-electron chi connectivity index (χ3n) is 1.85. The molecule has 0 aromatic carbocycles. The van der Waals surface area contributed by atoms with Gasteiger partial charge in [-0.15, -0.1) is 5.10 Å². The summed E-state index contributed by atoms with van der Waals surface area (Å²) < 4.78 is 8.61. The molecule has 0 saturated heterocycles. The molecule has 0 aliphatic heterocycles. The molecule has 2 heterocycles. The standard InChI is InChI=1S/C8H8N4O2S/c1-4-6(14-2)8(13)10-7(9-4)5-3-15-12-11-5/h3H,1-2H3,(H,9,10,13). The van der Waals surface area contributed by atoms with Gasteiger partial charge in [0.15, 0.2) is 5.82 Å². The van der Waals surface area contributed by atoms with Gasteiger partial charge >= 0.3 is 0 Å². The first-order chi connectivity index (χ1) is 7.22. The fourth-order valence-electron chi connectivity index (χ4n) is 1.20. The van der Waals surface area contributed by atoms with Crippen molar-refractivity contribution in [2.45, 2.75) is 6.92 Å². The summed E-state index contributed by atoms with van der Waals surface area (Å²) in [7, 11) is 1.43. The van der Waals surface area contributed by atoms with E-state index in [-0.39, 0.29) is 11.3 Å². The molecular formula is C8H8N4O2S. The second kappa shape index (κ2) is 3.77. The van der Waals surface area contributed by atoms with Crippen LogP contribution in [0.25, 0.3) is 11.5 Å². The van der Waals surface area contributed by atoms with Crippen LogP contribution in [-0.2, 0) is 0 Å². The number of aromatic nitrogens is 4. The summed E-state index contributed by atoms with van der Waals surface area (Å²) in [5.74, 6) is 0.633. The van der Waals surface area contributed by atoms with Crippen LogP contribution in [0.4, 0.5) is 0 Å². The lowest BCUT2D eigenvalue weighted by Crippen LogP contribution is -2.14. The molecule has 2 aromatic rings. The van der Waals surface area contributed by atoms with Gasteiger partial charge in [-0.25, -0.2) is 4.98 Å². The molecule has 0 aliphatic carbocycles. The van der Waals surface area contributed by atoms with Gasteiger partial charge < -0.3 is 9.72 Å². The third kappa shape index (κ3) is 1.73. The molecule has 15 heavy (non-hydrogen) atoms. The molecule has 0 spiro atoms. The molecule has 0 aliphatic rings. The number of aryl methyl sites for hydroxylation is 1. The molecule has 0 bridgehead atoms. The lowest BCUT2D eigenvalue weighted by atomic mass is 10.3. The van der Waals surface area contributed by atoms with Crippen LogP contribution in [0.15, 0.2) is 10.2 Å². The maximum Gasteiger partial charge on any atom is 0.293 e. The topological polar surface area (TPSA) is 80.8 Å². The van der Waals surface area contributed by atoms with Crippen molar-refractivity contribution >= 4 is 11.5 Å². The molecule has 0 amide bonds. The summed E-state index contributed by atoms with van der Waals surface area (Å²) in [6.07, 6.45) is 0. The van der Waals surface area contributed by atoms with Crippen LogP contribution in [0.1, 0.15) is 5.69 Å². The van der Waals surface area contributed by atoms with E-state index in [4.69, 9.17) is 4.74 Å². The average Bonchev–Trinajstić information content (AvgIpc) is 2.69. The van der Waals surface area contributed by atoms with E-state index in [9.17, 15) is 4.79 Å². The second-order valence-electron chi connectivity index (χ2n) is 2.82. The van der Waals surface area contributed by atoms with E-state index in [1.807, 2.05) is 0 Å². The van der Waals surface area contributed by atoms with Gasteiger partial charge in [0.05, 0.1) is 12.8 Å². The molecule has 0 atom stereocenters. The minimum absolute atomic E-state index is 0.224. The van der Waals surface area contributed by atoms with Gasteiger partial charge in [-0.3, -0.25) is 4.79 Å². The number of rotatable bonds is 2. The van der Waals surface area contributed by atoms with Gasteiger partial charge in [0.1, 0.15) is 5.69 Å². The number of ether oxygens (including phenoxy) is 1. The van der Waals surface area contributed by atoms with Crippen LogP contribution in [-0.4, -0.2) is 26.7 Å².